The molecule has 1 N–H and O–H groups in total. The Labute approximate surface area is 209 Å². The molecule has 1 amide bonds. The van der Waals surface area contributed by atoms with Gasteiger partial charge in [-0.15, -0.1) is 0 Å². The zero-order valence-electron chi connectivity index (χ0n) is 19.6. The predicted octanol–water partition coefficient (Wildman–Crippen LogP) is 6.55. The number of likely N-dealkylation sites (tertiary alicyclic amines) is 1. The minimum Gasteiger partial charge on any atom is -0.410 e. The lowest BCUT2D eigenvalue weighted by molar-refractivity contribution is -0.376. The van der Waals surface area contributed by atoms with Crippen molar-refractivity contribution in [2.75, 3.05) is 13.1 Å². The molecular weight excluding hydrogens is 500 g/mol. The Hall–Kier alpha value is -3.53. The summed E-state index contributed by atoms with van der Waals surface area (Å²) in [6.07, 6.45) is -12.6. The van der Waals surface area contributed by atoms with E-state index in [2.05, 4.69) is 0 Å². The summed E-state index contributed by atoms with van der Waals surface area (Å²) in [7, 11) is 0. The van der Waals surface area contributed by atoms with E-state index in [1.807, 2.05) is 25.1 Å². The molecule has 196 valence electrons. The second kappa shape index (κ2) is 9.41. The third-order valence-corrected chi connectivity index (χ3v) is 6.88. The molecule has 4 rings (SSSR count). The van der Waals surface area contributed by atoms with E-state index in [1.165, 1.54) is 4.90 Å². The molecule has 0 radical (unpaired) electrons. The van der Waals surface area contributed by atoms with Gasteiger partial charge in [-0.2, -0.15) is 26.3 Å². The van der Waals surface area contributed by atoms with Crippen LogP contribution in [0.3, 0.4) is 0 Å². The molecule has 2 atom stereocenters. The van der Waals surface area contributed by atoms with Gasteiger partial charge in [-0.1, -0.05) is 79.7 Å². The Morgan fingerprint density at radius 2 is 1.38 bits per heavy atom. The molecule has 3 aromatic carbocycles. The molecule has 3 aromatic rings. The van der Waals surface area contributed by atoms with Gasteiger partial charge in [0, 0.05) is 30.0 Å². The van der Waals surface area contributed by atoms with Gasteiger partial charge in [0.2, 0.25) is 0 Å². The zero-order chi connectivity index (χ0) is 27.1. The van der Waals surface area contributed by atoms with E-state index in [9.17, 15) is 36.2 Å². The summed E-state index contributed by atoms with van der Waals surface area (Å²) in [4.78, 5) is 14.4. The van der Waals surface area contributed by atoms with Crippen LogP contribution in [-0.4, -0.2) is 41.5 Å². The minimum atomic E-state index is -5.98. The lowest BCUT2D eigenvalue weighted by Gasteiger charge is -2.34. The van der Waals surface area contributed by atoms with Crippen LogP contribution in [0.25, 0.3) is 0 Å². The quantitative estimate of drug-likeness (QED) is 0.395. The number of aliphatic hydroxyl groups is 1. The number of carbonyl (C=O) groups is 1. The molecule has 0 spiro atoms. The summed E-state index contributed by atoms with van der Waals surface area (Å²) in [5, 5.41) is 9.73. The zero-order valence-corrected chi connectivity index (χ0v) is 19.6. The highest BCUT2D eigenvalue weighted by molar-refractivity contribution is 5.72. The molecule has 0 unspecified atom stereocenters. The summed E-state index contributed by atoms with van der Waals surface area (Å²) in [6, 6.07) is 21.0. The molecule has 4 nitrogen and oxygen atoms in total. The van der Waals surface area contributed by atoms with Gasteiger partial charge in [0.15, 0.2) is 0 Å². The largest absolute Gasteiger partial charge is 0.430 e. The van der Waals surface area contributed by atoms with Gasteiger partial charge in [0.25, 0.3) is 5.60 Å². The van der Waals surface area contributed by atoms with E-state index < -0.39 is 40.9 Å². The van der Waals surface area contributed by atoms with Crippen molar-refractivity contribution in [2.24, 2.45) is 0 Å². The molecule has 0 aromatic heterocycles. The molecule has 0 saturated carbocycles. The Balaban J connectivity index is 1.69. The maximum atomic E-state index is 13.3. The first-order valence-electron chi connectivity index (χ1n) is 11.3. The third-order valence-electron chi connectivity index (χ3n) is 6.88. The number of para-hydroxylation sites is 1. The SMILES string of the molecule is C[C@]1(c2ccccc2)CN(C(=O)Oc2ccccc2)C[C@H]1c1ccc(C(O)(C(F)(F)F)C(F)(F)F)cc1. The highest BCUT2D eigenvalue weighted by Gasteiger charge is 2.71. The van der Waals surface area contributed by atoms with Crippen molar-refractivity contribution < 1.29 is 41.0 Å². The lowest BCUT2D eigenvalue weighted by atomic mass is 9.71. The molecule has 1 aliphatic heterocycles. The molecule has 10 heteroatoms. The van der Waals surface area contributed by atoms with Crippen LogP contribution in [0.1, 0.15) is 29.5 Å². The highest BCUT2D eigenvalue weighted by atomic mass is 19.4. The van der Waals surface area contributed by atoms with Gasteiger partial charge in [-0.3, -0.25) is 0 Å². The van der Waals surface area contributed by atoms with Gasteiger partial charge in [-0.25, -0.2) is 4.79 Å². The molecule has 0 bridgehead atoms. The summed E-state index contributed by atoms with van der Waals surface area (Å²) < 4.78 is 85.4. The fraction of sp³-hybridized carbons (Fsp3) is 0.296. The van der Waals surface area contributed by atoms with E-state index in [1.54, 1.807) is 42.5 Å². The molecule has 1 heterocycles. The van der Waals surface area contributed by atoms with E-state index in [0.29, 0.717) is 23.4 Å². The van der Waals surface area contributed by atoms with Gasteiger partial charge < -0.3 is 14.7 Å². The number of alkyl halides is 6. The summed E-state index contributed by atoms with van der Waals surface area (Å²) in [5.74, 6) is -0.155. The van der Waals surface area contributed by atoms with E-state index in [0.717, 1.165) is 17.7 Å². The number of carbonyl (C=O) groups excluding carboxylic acids is 1. The van der Waals surface area contributed by atoms with Crippen molar-refractivity contribution in [3.63, 3.8) is 0 Å². The number of rotatable bonds is 4. The monoisotopic (exact) mass is 523 g/mol. The highest BCUT2D eigenvalue weighted by Crippen LogP contribution is 2.51. The second-order valence-corrected chi connectivity index (χ2v) is 9.23. The Bertz CT molecular complexity index is 1210. The van der Waals surface area contributed by atoms with Crippen molar-refractivity contribution in [1.29, 1.82) is 0 Å². The second-order valence-electron chi connectivity index (χ2n) is 9.23. The first kappa shape index (κ1) is 26.5. The lowest BCUT2D eigenvalue weighted by Crippen LogP contribution is -2.53. The van der Waals surface area contributed by atoms with Gasteiger partial charge in [-0.05, 0) is 23.3 Å². The average molecular weight is 523 g/mol. The standard InChI is InChI=1S/C27H23F6NO3/c1-24(19-8-4-2-5-9-19)17-34(23(35)37-21-10-6-3-7-11-21)16-22(24)18-12-14-20(15-13-18)25(36,26(28,29)30)27(31,32)33/h2-15,22,36H,16-17H2,1H3/t22-,24+/m0/s1. The number of hydrogen-bond acceptors (Lipinski definition) is 3. The van der Waals surface area contributed by atoms with E-state index in [-0.39, 0.29) is 13.1 Å². The minimum absolute atomic E-state index is 0.110. The van der Waals surface area contributed by atoms with Gasteiger partial charge in [0.1, 0.15) is 5.75 Å². The maximum Gasteiger partial charge on any atom is 0.430 e. The number of amides is 1. The molecule has 1 saturated heterocycles. The van der Waals surface area contributed by atoms with Crippen molar-refractivity contribution in [3.8, 4) is 5.75 Å². The first-order valence-corrected chi connectivity index (χ1v) is 11.3. The predicted molar refractivity (Wildman–Crippen MR) is 123 cm³/mol. The molecule has 1 aliphatic rings. The van der Waals surface area contributed by atoms with E-state index in [4.69, 9.17) is 4.74 Å². The molecule has 37 heavy (non-hydrogen) atoms. The van der Waals surface area contributed by atoms with Gasteiger partial charge in [0.05, 0.1) is 0 Å². The molecule has 1 fully saturated rings. The van der Waals surface area contributed by atoms with Crippen LogP contribution in [0, 0.1) is 0 Å². The van der Waals surface area contributed by atoms with Crippen LogP contribution in [0.15, 0.2) is 84.9 Å². The Kier molecular flexibility index (Phi) is 6.74. The smallest absolute Gasteiger partial charge is 0.410 e. The van der Waals surface area contributed by atoms with Gasteiger partial charge >= 0.3 is 18.4 Å². The van der Waals surface area contributed by atoms with Crippen molar-refractivity contribution in [3.05, 3.63) is 102 Å². The van der Waals surface area contributed by atoms with Crippen molar-refractivity contribution in [1.82, 2.24) is 4.90 Å². The number of halogens is 6. The number of hydrogen-bond donors (Lipinski definition) is 1. The number of ether oxygens (including phenoxy) is 1. The third kappa shape index (κ3) is 4.77. The van der Waals surface area contributed by atoms with Crippen LogP contribution in [0.5, 0.6) is 5.75 Å². The number of nitrogens with zero attached hydrogens (tertiary/aromatic N) is 1. The molecule has 0 aliphatic carbocycles. The average Bonchev–Trinajstić information content (AvgIpc) is 3.22. The fourth-order valence-corrected chi connectivity index (χ4v) is 4.82. The van der Waals surface area contributed by atoms with Crippen molar-refractivity contribution in [2.45, 2.75) is 36.2 Å². The Morgan fingerprint density at radius 1 is 0.865 bits per heavy atom. The van der Waals surface area contributed by atoms with E-state index >= 15 is 0 Å². The van der Waals surface area contributed by atoms with Crippen LogP contribution in [-0.2, 0) is 11.0 Å². The number of benzene rings is 3. The fourth-order valence-electron chi connectivity index (χ4n) is 4.82. The van der Waals surface area contributed by atoms with Crippen LogP contribution >= 0.6 is 0 Å². The molecular formula is C27H23F6NO3. The normalized spacial score (nSPS) is 20.6. The van der Waals surface area contributed by atoms with Crippen LogP contribution in [0.4, 0.5) is 31.1 Å². The summed E-state index contributed by atoms with van der Waals surface area (Å²) in [6.45, 7) is 2.18. The van der Waals surface area contributed by atoms with Crippen LogP contribution in [0.2, 0.25) is 0 Å². The maximum absolute atomic E-state index is 13.3. The van der Waals surface area contributed by atoms with Crippen molar-refractivity contribution >= 4 is 6.09 Å². The Morgan fingerprint density at radius 3 is 1.89 bits per heavy atom. The summed E-state index contributed by atoms with van der Waals surface area (Å²) in [5.41, 5.74) is -5.83. The van der Waals surface area contributed by atoms with Crippen LogP contribution < -0.4 is 4.74 Å². The summed E-state index contributed by atoms with van der Waals surface area (Å²) >= 11 is 0. The first-order chi connectivity index (χ1) is 17.3. The topological polar surface area (TPSA) is 49.8 Å².